The first-order chi connectivity index (χ1) is 13.0. The van der Waals surface area contributed by atoms with Crippen molar-refractivity contribution in [2.75, 3.05) is 5.32 Å². The first-order valence-electron chi connectivity index (χ1n) is 9.14. The smallest absolute Gasteiger partial charge is 0.298 e. The molecule has 1 amide bonds. The Balaban J connectivity index is 1.76. The van der Waals surface area contributed by atoms with Crippen LogP contribution in [0, 0.1) is 13.8 Å². The molecule has 3 rings (SSSR count). The SMILES string of the molecule is CCc1cccc(NC(=O)C(=O)c2cccn2Cc2ccc(C)c(C)c2)c1. The largest absolute Gasteiger partial charge is 0.340 e. The number of hydrogen-bond donors (Lipinski definition) is 1. The van der Waals surface area contributed by atoms with Crippen molar-refractivity contribution in [3.63, 3.8) is 0 Å². The highest BCUT2D eigenvalue weighted by atomic mass is 16.2. The van der Waals surface area contributed by atoms with E-state index in [1.807, 2.05) is 42.0 Å². The Morgan fingerprint density at radius 1 is 0.926 bits per heavy atom. The van der Waals surface area contributed by atoms with E-state index in [9.17, 15) is 9.59 Å². The quantitative estimate of drug-likeness (QED) is 0.518. The van der Waals surface area contributed by atoms with E-state index in [0.717, 1.165) is 17.5 Å². The van der Waals surface area contributed by atoms with Crippen molar-refractivity contribution < 1.29 is 9.59 Å². The van der Waals surface area contributed by atoms with E-state index in [-0.39, 0.29) is 0 Å². The molecule has 1 N–H and O–H groups in total. The molecule has 0 aliphatic heterocycles. The summed E-state index contributed by atoms with van der Waals surface area (Å²) in [5.41, 5.74) is 5.67. The highest BCUT2D eigenvalue weighted by Crippen LogP contribution is 2.15. The molecule has 0 radical (unpaired) electrons. The van der Waals surface area contributed by atoms with Crippen LogP contribution in [-0.4, -0.2) is 16.3 Å². The first-order valence-corrected chi connectivity index (χ1v) is 9.14. The molecular formula is C23H24N2O2. The van der Waals surface area contributed by atoms with Crippen molar-refractivity contribution in [1.82, 2.24) is 4.57 Å². The standard InChI is InChI=1S/C23H24N2O2/c1-4-18-7-5-8-20(14-18)24-23(27)22(26)21-9-6-12-25(21)15-19-11-10-16(2)17(3)13-19/h5-14H,4,15H2,1-3H3,(H,24,27). The molecule has 138 valence electrons. The molecule has 4 nitrogen and oxygen atoms in total. The molecule has 1 aromatic heterocycles. The zero-order chi connectivity index (χ0) is 19.4. The number of anilines is 1. The molecule has 27 heavy (non-hydrogen) atoms. The van der Waals surface area contributed by atoms with Crippen LogP contribution in [0.4, 0.5) is 5.69 Å². The van der Waals surface area contributed by atoms with Gasteiger partial charge in [0, 0.05) is 18.4 Å². The van der Waals surface area contributed by atoms with Gasteiger partial charge in [0.25, 0.3) is 11.7 Å². The number of carbonyl (C=O) groups excluding carboxylic acids is 2. The van der Waals surface area contributed by atoms with Crippen molar-refractivity contribution in [1.29, 1.82) is 0 Å². The van der Waals surface area contributed by atoms with Crippen LogP contribution in [0.2, 0.25) is 0 Å². The van der Waals surface area contributed by atoms with Crippen molar-refractivity contribution >= 4 is 17.4 Å². The zero-order valence-corrected chi connectivity index (χ0v) is 16.0. The molecule has 0 aliphatic rings. The van der Waals surface area contributed by atoms with Crippen molar-refractivity contribution in [2.24, 2.45) is 0 Å². The second kappa shape index (κ2) is 8.04. The van der Waals surface area contributed by atoms with Gasteiger partial charge in [-0.2, -0.15) is 0 Å². The molecule has 2 aromatic carbocycles. The Kier molecular flexibility index (Phi) is 5.55. The molecule has 4 heteroatoms. The topological polar surface area (TPSA) is 51.1 Å². The molecule has 0 atom stereocenters. The van der Waals surface area contributed by atoms with Gasteiger partial charge >= 0.3 is 0 Å². The van der Waals surface area contributed by atoms with Crippen molar-refractivity contribution in [2.45, 2.75) is 33.7 Å². The minimum atomic E-state index is -0.622. The van der Waals surface area contributed by atoms with Crippen molar-refractivity contribution in [3.8, 4) is 0 Å². The van der Waals surface area contributed by atoms with Gasteiger partial charge in [0.2, 0.25) is 0 Å². The summed E-state index contributed by atoms with van der Waals surface area (Å²) in [6.45, 7) is 6.74. The Labute approximate surface area is 159 Å². The van der Waals surface area contributed by atoms with Crippen LogP contribution in [0.25, 0.3) is 0 Å². The Hall–Kier alpha value is -3.14. The fourth-order valence-electron chi connectivity index (χ4n) is 3.03. The second-order valence-corrected chi connectivity index (χ2v) is 6.78. The number of nitrogens with zero attached hydrogens (tertiary/aromatic N) is 1. The number of benzene rings is 2. The van der Waals surface area contributed by atoms with Crippen LogP contribution >= 0.6 is 0 Å². The first kappa shape index (κ1) is 18.6. The summed E-state index contributed by atoms with van der Waals surface area (Å²) in [4.78, 5) is 25.1. The predicted octanol–water partition coefficient (Wildman–Crippen LogP) is 4.54. The summed E-state index contributed by atoms with van der Waals surface area (Å²) in [7, 11) is 0. The molecule has 0 bridgehead atoms. The highest BCUT2D eigenvalue weighted by Gasteiger charge is 2.20. The minimum Gasteiger partial charge on any atom is -0.340 e. The van der Waals surface area contributed by atoms with E-state index < -0.39 is 11.7 Å². The van der Waals surface area contributed by atoms with E-state index >= 15 is 0 Å². The minimum absolute atomic E-state index is 0.386. The Bertz CT molecular complexity index is 986. The number of amides is 1. The lowest BCUT2D eigenvalue weighted by Gasteiger charge is -2.11. The second-order valence-electron chi connectivity index (χ2n) is 6.78. The fourth-order valence-corrected chi connectivity index (χ4v) is 3.03. The highest BCUT2D eigenvalue weighted by molar-refractivity contribution is 6.46. The molecule has 0 aliphatic carbocycles. The van der Waals surface area contributed by atoms with E-state index in [2.05, 4.69) is 31.3 Å². The maximum atomic E-state index is 12.7. The number of rotatable bonds is 6. The summed E-state index contributed by atoms with van der Waals surface area (Å²) < 4.78 is 1.81. The van der Waals surface area contributed by atoms with Crippen molar-refractivity contribution in [3.05, 3.63) is 88.7 Å². The van der Waals surface area contributed by atoms with Crippen LogP contribution in [0.1, 0.15) is 39.7 Å². The number of aromatic nitrogens is 1. The number of ketones is 1. The van der Waals surface area contributed by atoms with Gasteiger partial charge in [0.15, 0.2) is 0 Å². The average molecular weight is 360 g/mol. The molecular weight excluding hydrogens is 336 g/mol. The molecule has 0 saturated heterocycles. The summed E-state index contributed by atoms with van der Waals surface area (Å²) >= 11 is 0. The molecule has 1 heterocycles. The van der Waals surface area contributed by atoms with Crippen LogP contribution in [0.5, 0.6) is 0 Å². The van der Waals surface area contributed by atoms with Gasteiger partial charge in [-0.05, 0) is 66.8 Å². The summed E-state index contributed by atoms with van der Waals surface area (Å²) in [5.74, 6) is -1.16. The Morgan fingerprint density at radius 2 is 1.74 bits per heavy atom. The number of carbonyl (C=O) groups is 2. The summed E-state index contributed by atoms with van der Waals surface area (Å²) in [5, 5.41) is 2.71. The fraction of sp³-hybridized carbons (Fsp3) is 0.217. The molecule has 0 saturated carbocycles. The molecule has 0 unspecified atom stereocenters. The van der Waals surface area contributed by atoms with Crippen LogP contribution in [0.15, 0.2) is 60.8 Å². The van der Waals surface area contributed by atoms with E-state index in [1.54, 1.807) is 18.2 Å². The van der Waals surface area contributed by atoms with Gasteiger partial charge in [-0.25, -0.2) is 0 Å². The third-order valence-corrected chi connectivity index (χ3v) is 4.79. The maximum Gasteiger partial charge on any atom is 0.298 e. The van der Waals surface area contributed by atoms with Gasteiger partial charge in [-0.15, -0.1) is 0 Å². The summed E-state index contributed by atoms with van der Waals surface area (Å²) in [6.07, 6.45) is 2.70. The van der Waals surface area contributed by atoms with E-state index in [4.69, 9.17) is 0 Å². The molecule has 0 fully saturated rings. The third kappa shape index (κ3) is 4.34. The number of nitrogens with one attached hydrogen (secondary N) is 1. The number of hydrogen-bond acceptors (Lipinski definition) is 2. The van der Waals surface area contributed by atoms with Crippen LogP contribution < -0.4 is 5.32 Å². The lowest BCUT2D eigenvalue weighted by molar-refractivity contribution is -0.112. The van der Waals surface area contributed by atoms with Crippen LogP contribution in [0.3, 0.4) is 0 Å². The maximum absolute atomic E-state index is 12.7. The van der Waals surface area contributed by atoms with E-state index in [1.165, 1.54) is 11.1 Å². The van der Waals surface area contributed by atoms with Gasteiger partial charge in [-0.1, -0.05) is 37.3 Å². The molecule has 3 aromatic rings. The van der Waals surface area contributed by atoms with Crippen LogP contribution in [-0.2, 0) is 17.8 Å². The monoisotopic (exact) mass is 360 g/mol. The zero-order valence-electron chi connectivity index (χ0n) is 16.0. The van der Waals surface area contributed by atoms with Gasteiger partial charge in [0.05, 0.1) is 5.69 Å². The Morgan fingerprint density at radius 3 is 2.48 bits per heavy atom. The third-order valence-electron chi connectivity index (χ3n) is 4.79. The van der Waals surface area contributed by atoms with Gasteiger partial charge in [0.1, 0.15) is 0 Å². The summed E-state index contributed by atoms with van der Waals surface area (Å²) in [6, 6.07) is 17.3. The van der Waals surface area contributed by atoms with E-state index in [0.29, 0.717) is 17.9 Å². The van der Waals surface area contributed by atoms with Gasteiger partial charge < -0.3 is 9.88 Å². The normalized spacial score (nSPS) is 10.6. The number of Topliss-reactive ketones (excluding diaryl/α,β-unsaturated/α-hetero) is 1. The predicted molar refractivity (Wildman–Crippen MR) is 108 cm³/mol. The average Bonchev–Trinajstić information content (AvgIpc) is 3.12. The lowest BCUT2D eigenvalue weighted by Crippen LogP contribution is -2.25. The molecule has 0 spiro atoms. The number of aryl methyl sites for hydroxylation is 3. The lowest BCUT2D eigenvalue weighted by atomic mass is 10.1. The van der Waals surface area contributed by atoms with Gasteiger partial charge in [-0.3, -0.25) is 9.59 Å².